The van der Waals surface area contributed by atoms with E-state index in [0.717, 1.165) is 0 Å². The normalized spacial score (nSPS) is 14.8. The Hall–Kier alpha value is -5.51. The van der Waals surface area contributed by atoms with E-state index in [1.54, 1.807) is 53.7 Å². The van der Waals surface area contributed by atoms with Crippen molar-refractivity contribution in [2.24, 2.45) is 35.0 Å². The summed E-state index contributed by atoms with van der Waals surface area (Å²) in [5.41, 5.74) is 17.3. The number of aliphatic carboxylic acids is 2. The number of amides is 6. The average Bonchev–Trinajstić information content (AvgIpc) is 3.16. The first-order valence-corrected chi connectivity index (χ1v) is 19.3. The predicted molar refractivity (Wildman–Crippen MR) is 211 cm³/mol. The number of nitrogens with two attached hydrogens (primary N) is 3. The molecular weight excluding hydrogens is 801 g/mol. The van der Waals surface area contributed by atoms with Gasteiger partial charge in [0.15, 0.2) is 0 Å². The van der Waals surface area contributed by atoms with Crippen LogP contribution < -0.4 is 43.8 Å². The maximum absolute atomic E-state index is 13.8. The summed E-state index contributed by atoms with van der Waals surface area (Å²) in [6.45, 7) is 10.7. The molecule has 0 saturated heterocycles. The van der Waals surface area contributed by atoms with Crippen molar-refractivity contribution < 1.29 is 66.8 Å². The molecule has 0 aliphatic carbocycles. The van der Waals surface area contributed by atoms with Gasteiger partial charge in [-0.3, -0.25) is 28.8 Å². The fourth-order valence-corrected chi connectivity index (χ4v) is 5.22. The minimum atomic E-state index is -5.08. The van der Waals surface area contributed by atoms with Crippen LogP contribution in [0.5, 0.6) is 5.75 Å². The Balaban J connectivity index is 0.00000453. The van der Waals surface area contributed by atoms with Crippen molar-refractivity contribution in [2.45, 2.75) is 129 Å². The number of carboxylic acid groups (broad SMARTS) is 2. The number of alkyl halides is 3. The first-order valence-electron chi connectivity index (χ1n) is 19.3. The maximum atomic E-state index is 13.8. The predicted octanol–water partition coefficient (Wildman–Crippen LogP) is 0.157. The zero-order chi connectivity index (χ0) is 46.5. The number of nitrogens with one attached hydrogen (secondary N) is 5. The van der Waals surface area contributed by atoms with E-state index in [0.29, 0.717) is 31.4 Å². The van der Waals surface area contributed by atoms with E-state index in [1.807, 2.05) is 0 Å². The second-order valence-electron chi connectivity index (χ2n) is 14.9. The topological polar surface area (TPSA) is 335 Å². The summed E-state index contributed by atoms with van der Waals surface area (Å²) in [6, 6.07) is -1.20. The van der Waals surface area contributed by atoms with Crippen molar-refractivity contribution in [1.82, 2.24) is 26.6 Å². The van der Waals surface area contributed by atoms with Gasteiger partial charge in [-0.25, -0.2) is 9.59 Å². The zero-order valence-corrected chi connectivity index (χ0v) is 34.6. The highest BCUT2D eigenvalue weighted by molar-refractivity contribution is 5.96. The Bertz CT molecular complexity index is 1600. The highest BCUT2D eigenvalue weighted by Gasteiger charge is 2.38. The smallest absolute Gasteiger partial charge is 0.490 e. The number of carbonyl (C=O) groups excluding carboxylic acids is 6. The molecule has 0 heterocycles. The van der Waals surface area contributed by atoms with Crippen LogP contribution in [0.4, 0.5) is 13.2 Å². The number of aromatic hydroxyl groups is 1. The lowest BCUT2D eigenvalue weighted by molar-refractivity contribution is -0.192. The number of carbonyl (C=O) groups is 8. The Kier molecular flexibility index (Phi) is 24.1. The van der Waals surface area contributed by atoms with Crippen LogP contribution in [-0.2, 0) is 44.8 Å². The molecule has 1 aromatic carbocycles. The minimum Gasteiger partial charge on any atom is -0.508 e. The third-order valence-electron chi connectivity index (χ3n) is 9.19. The van der Waals surface area contributed by atoms with Gasteiger partial charge in [0.1, 0.15) is 36.0 Å². The standard InChI is InChI=1S/C36H60N8O9.C2HF3O2/c1-7-21(6)30(44-31(47)24(15-16-27(38)46)40-33(49)28(39)19(2)3)35(51)43-29(20(4)5)34(50)42-26(18-22-11-13-23(45)14-12-22)32(48)41-25(36(52)53)10-8-9-17-37;3-2(4,5)1(6)7/h11-14,19-21,24-26,28-30,45H,7-10,15-18,37,39H2,1-6H3,(H2,38,46)(H,40,49)(H,41,48)(H,42,50)(H,43,51)(H,44,47)(H,52,53);(H,6,7)/t21-,24-,25-,26-,28-,29-,30-;/m0./s1. The molecule has 0 saturated carbocycles. The third-order valence-corrected chi connectivity index (χ3v) is 9.19. The lowest BCUT2D eigenvalue weighted by Crippen LogP contribution is -2.61. The number of hydrogen-bond acceptors (Lipinski definition) is 11. The van der Waals surface area contributed by atoms with Gasteiger partial charge < -0.3 is 59.1 Å². The number of phenols is 1. The summed E-state index contributed by atoms with van der Waals surface area (Å²) >= 11 is 0. The summed E-state index contributed by atoms with van der Waals surface area (Å²) in [5, 5.41) is 39.6. The number of rotatable bonds is 24. The highest BCUT2D eigenvalue weighted by Crippen LogP contribution is 2.15. The Morgan fingerprint density at radius 2 is 1.17 bits per heavy atom. The molecule has 1 rings (SSSR count). The number of benzene rings is 1. The summed E-state index contributed by atoms with van der Waals surface area (Å²) < 4.78 is 31.7. The second-order valence-corrected chi connectivity index (χ2v) is 14.9. The molecule has 0 aliphatic rings. The number of hydrogen-bond donors (Lipinski definition) is 11. The molecule has 0 aromatic heterocycles. The third kappa shape index (κ3) is 20.5. The van der Waals surface area contributed by atoms with E-state index in [-0.39, 0.29) is 37.4 Å². The van der Waals surface area contributed by atoms with Crippen LogP contribution in [0.25, 0.3) is 0 Å². The fraction of sp³-hybridized carbons (Fsp3) is 0.632. The van der Waals surface area contributed by atoms with Crippen LogP contribution >= 0.6 is 0 Å². The van der Waals surface area contributed by atoms with Gasteiger partial charge in [0, 0.05) is 12.8 Å². The summed E-state index contributed by atoms with van der Waals surface area (Å²) in [7, 11) is 0. The molecule has 7 atom stereocenters. The Morgan fingerprint density at radius 1 is 0.683 bits per heavy atom. The van der Waals surface area contributed by atoms with Crippen LogP contribution in [0.2, 0.25) is 0 Å². The van der Waals surface area contributed by atoms with Gasteiger partial charge in [-0.2, -0.15) is 13.2 Å². The maximum Gasteiger partial charge on any atom is 0.490 e. The molecular formula is C38H61F3N8O11. The highest BCUT2D eigenvalue weighted by atomic mass is 19.4. The summed E-state index contributed by atoms with van der Waals surface area (Å²) in [5.74, 6) is -9.57. The molecule has 14 N–H and O–H groups in total. The van der Waals surface area contributed by atoms with E-state index in [2.05, 4.69) is 26.6 Å². The van der Waals surface area contributed by atoms with Gasteiger partial charge >= 0.3 is 18.1 Å². The van der Waals surface area contributed by atoms with E-state index in [4.69, 9.17) is 27.1 Å². The van der Waals surface area contributed by atoms with Crippen molar-refractivity contribution in [1.29, 1.82) is 0 Å². The monoisotopic (exact) mass is 862 g/mol. The molecule has 0 unspecified atom stereocenters. The first-order chi connectivity index (χ1) is 27.8. The molecule has 0 spiro atoms. The number of unbranched alkanes of at least 4 members (excludes halogenated alkanes) is 1. The Morgan fingerprint density at radius 3 is 1.62 bits per heavy atom. The SMILES string of the molecule is CC[C@H](C)[C@H](NC(=O)[C@H](CCC(N)=O)NC(=O)[C@@H](N)C(C)C)C(=O)N[C@H](C(=O)N[C@@H](Cc1ccc(O)cc1)C(=O)N[C@@H](CCCCN)C(=O)O)C(C)C.O=C(O)C(F)(F)F. The van der Waals surface area contributed by atoms with Crippen molar-refractivity contribution in [2.75, 3.05) is 6.54 Å². The molecule has 22 heteroatoms. The molecule has 0 radical (unpaired) electrons. The summed E-state index contributed by atoms with van der Waals surface area (Å²) in [4.78, 5) is 99.8. The number of carboxylic acids is 2. The first kappa shape index (κ1) is 54.5. The van der Waals surface area contributed by atoms with Crippen molar-refractivity contribution in [3.8, 4) is 5.75 Å². The van der Waals surface area contributed by atoms with E-state index >= 15 is 0 Å². The van der Waals surface area contributed by atoms with E-state index in [1.165, 1.54) is 12.1 Å². The molecule has 340 valence electrons. The van der Waals surface area contributed by atoms with Gasteiger partial charge in [0.25, 0.3) is 0 Å². The number of primary amides is 1. The summed E-state index contributed by atoms with van der Waals surface area (Å²) in [6.07, 6.45) is -4.00. The van der Waals surface area contributed by atoms with Crippen molar-refractivity contribution >= 4 is 47.4 Å². The van der Waals surface area contributed by atoms with Crippen molar-refractivity contribution in [3.63, 3.8) is 0 Å². The molecule has 1 aromatic rings. The molecule has 19 nitrogen and oxygen atoms in total. The van der Waals surface area contributed by atoms with E-state index in [9.17, 15) is 56.9 Å². The van der Waals surface area contributed by atoms with Gasteiger partial charge in [-0.1, -0.05) is 60.1 Å². The number of halogens is 3. The molecule has 0 aliphatic heterocycles. The van der Waals surface area contributed by atoms with Gasteiger partial charge in [-0.05, 0) is 67.7 Å². The average molecular weight is 863 g/mol. The quantitative estimate of drug-likeness (QED) is 0.0618. The number of phenolic OH excluding ortho intramolecular Hbond substituents is 1. The largest absolute Gasteiger partial charge is 0.508 e. The fourth-order valence-electron chi connectivity index (χ4n) is 5.22. The van der Waals surface area contributed by atoms with Crippen LogP contribution in [0.1, 0.15) is 85.6 Å². The molecule has 0 bridgehead atoms. The second kappa shape index (κ2) is 26.6. The Labute approximate surface area is 346 Å². The van der Waals surface area contributed by atoms with Gasteiger partial charge in [-0.15, -0.1) is 0 Å². The lowest BCUT2D eigenvalue weighted by atomic mass is 9.95. The molecule has 6 amide bonds. The van der Waals surface area contributed by atoms with Crippen LogP contribution in [0.3, 0.4) is 0 Å². The van der Waals surface area contributed by atoms with Crippen LogP contribution in [-0.4, -0.2) is 112 Å². The lowest BCUT2D eigenvalue weighted by Gasteiger charge is -2.30. The van der Waals surface area contributed by atoms with Gasteiger partial charge in [0.05, 0.1) is 6.04 Å². The molecule has 0 fully saturated rings. The van der Waals surface area contributed by atoms with Crippen LogP contribution in [0, 0.1) is 17.8 Å². The van der Waals surface area contributed by atoms with E-state index < -0.39 is 102 Å². The van der Waals surface area contributed by atoms with Crippen LogP contribution in [0.15, 0.2) is 24.3 Å². The zero-order valence-electron chi connectivity index (χ0n) is 34.6. The molecule has 60 heavy (non-hydrogen) atoms. The minimum absolute atomic E-state index is 0.0177. The van der Waals surface area contributed by atoms with Gasteiger partial charge in [0.2, 0.25) is 35.4 Å². The van der Waals surface area contributed by atoms with Crippen molar-refractivity contribution in [3.05, 3.63) is 29.8 Å².